The van der Waals surface area contributed by atoms with Crippen LogP contribution >= 0.6 is 22.6 Å². The summed E-state index contributed by atoms with van der Waals surface area (Å²) in [5, 5.41) is 0. The van der Waals surface area contributed by atoms with Crippen molar-refractivity contribution < 1.29 is 4.79 Å². The minimum absolute atomic E-state index is 0.227. The highest BCUT2D eigenvalue weighted by Crippen LogP contribution is 2.26. The Hall–Kier alpha value is -0.580. The van der Waals surface area contributed by atoms with Gasteiger partial charge >= 0.3 is 0 Å². The number of rotatable bonds is 1. The van der Waals surface area contributed by atoms with Crippen molar-refractivity contribution in [3.63, 3.8) is 0 Å². The number of carbonyl (C=O) groups is 1. The second kappa shape index (κ2) is 4.96. The van der Waals surface area contributed by atoms with Crippen molar-refractivity contribution in [2.45, 2.75) is 19.3 Å². The molecule has 0 N–H and O–H groups in total. The Kier molecular flexibility index (Phi) is 3.61. The first kappa shape index (κ1) is 10.9. The zero-order valence-corrected chi connectivity index (χ0v) is 10.7. The van der Waals surface area contributed by atoms with Gasteiger partial charge in [0.05, 0.1) is 4.43 Å². The summed E-state index contributed by atoms with van der Waals surface area (Å²) in [7, 11) is 0. The van der Waals surface area contributed by atoms with Gasteiger partial charge in [0.1, 0.15) is 0 Å². The maximum atomic E-state index is 11.8. The van der Waals surface area contributed by atoms with Crippen molar-refractivity contribution in [1.82, 2.24) is 0 Å². The molecule has 80 valence electrons. The highest BCUT2D eigenvalue weighted by atomic mass is 127. The summed E-state index contributed by atoms with van der Waals surface area (Å²) in [6, 6.07) is 8.26. The topological polar surface area (TPSA) is 20.3 Å². The van der Waals surface area contributed by atoms with Gasteiger partial charge in [0.25, 0.3) is 0 Å². The van der Waals surface area contributed by atoms with Crippen LogP contribution in [-0.2, 0) is 11.2 Å². The molecule has 0 saturated heterocycles. The zero-order chi connectivity index (χ0) is 10.7. The Balaban J connectivity index is 2.37. The fourth-order valence-corrected chi connectivity index (χ4v) is 2.43. The van der Waals surface area contributed by atoms with E-state index in [0.717, 1.165) is 25.1 Å². The normalized spacial score (nSPS) is 15.7. The van der Waals surface area contributed by atoms with Gasteiger partial charge in [-0.15, -0.1) is 0 Å². The van der Waals surface area contributed by atoms with Gasteiger partial charge in [-0.05, 0) is 30.9 Å². The number of halogens is 1. The number of alkyl halides is 1. The second-order valence-corrected chi connectivity index (χ2v) is 4.53. The van der Waals surface area contributed by atoms with E-state index in [-0.39, 0.29) is 5.91 Å². The molecular formula is C12H14INO. The number of benzene rings is 1. The molecule has 1 aliphatic heterocycles. The Morgan fingerprint density at radius 1 is 1.33 bits per heavy atom. The van der Waals surface area contributed by atoms with Gasteiger partial charge in [-0.25, -0.2) is 0 Å². The molecule has 1 aliphatic rings. The van der Waals surface area contributed by atoms with E-state index in [0.29, 0.717) is 4.43 Å². The summed E-state index contributed by atoms with van der Waals surface area (Å²) in [6.07, 6.45) is 3.39. The zero-order valence-electron chi connectivity index (χ0n) is 8.58. The maximum absolute atomic E-state index is 11.8. The van der Waals surface area contributed by atoms with Crippen LogP contribution in [-0.4, -0.2) is 16.9 Å². The molecule has 0 fully saturated rings. The molecule has 2 nitrogen and oxygen atoms in total. The van der Waals surface area contributed by atoms with Gasteiger partial charge in [0.15, 0.2) is 0 Å². The van der Waals surface area contributed by atoms with Crippen LogP contribution in [0.15, 0.2) is 24.3 Å². The fraction of sp³-hybridized carbons (Fsp3) is 0.417. The number of anilines is 1. The van der Waals surface area contributed by atoms with Crippen LogP contribution in [0.1, 0.15) is 18.4 Å². The van der Waals surface area contributed by atoms with E-state index in [1.807, 2.05) is 11.0 Å². The number of amides is 1. The number of para-hydroxylation sites is 1. The van der Waals surface area contributed by atoms with Crippen molar-refractivity contribution in [2.24, 2.45) is 0 Å². The molecule has 15 heavy (non-hydrogen) atoms. The molecule has 0 aliphatic carbocycles. The van der Waals surface area contributed by atoms with E-state index in [2.05, 4.69) is 40.8 Å². The van der Waals surface area contributed by atoms with Crippen molar-refractivity contribution in [3.8, 4) is 0 Å². The van der Waals surface area contributed by atoms with Gasteiger partial charge in [0.2, 0.25) is 5.91 Å². The molecule has 2 rings (SSSR count). The number of nitrogens with zero attached hydrogens (tertiary/aromatic N) is 1. The SMILES string of the molecule is O=C(CI)N1CCCCc2ccccc21. The third kappa shape index (κ3) is 2.33. The number of hydrogen-bond acceptors (Lipinski definition) is 1. The van der Waals surface area contributed by atoms with Crippen LogP contribution in [0.2, 0.25) is 0 Å². The molecule has 0 unspecified atom stereocenters. The highest BCUT2D eigenvalue weighted by Gasteiger charge is 2.19. The van der Waals surface area contributed by atoms with Gasteiger partial charge in [-0.2, -0.15) is 0 Å². The Labute approximate surface area is 104 Å². The number of hydrogen-bond donors (Lipinski definition) is 0. The smallest absolute Gasteiger partial charge is 0.236 e. The monoisotopic (exact) mass is 315 g/mol. The number of aryl methyl sites for hydroxylation is 1. The van der Waals surface area contributed by atoms with E-state index >= 15 is 0 Å². The first-order chi connectivity index (χ1) is 7.33. The molecule has 0 saturated carbocycles. The minimum Gasteiger partial charge on any atom is -0.311 e. The van der Waals surface area contributed by atoms with E-state index in [9.17, 15) is 4.79 Å². The summed E-state index contributed by atoms with van der Waals surface area (Å²) in [5.41, 5.74) is 2.44. The van der Waals surface area contributed by atoms with Crippen LogP contribution in [0.5, 0.6) is 0 Å². The van der Waals surface area contributed by atoms with Crippen molar-refractivity contribution >= 4 is 34.2 Å². The van der Waals surface area contributed by atoms with E-state index in [1.165, 1.54) is 12.0 Å². The second-order valence-electron chi connectivity index (χ2n) is 3.76. The lowest BCUT2D eigenvalue weighted by atomic mass is 10.1. The van der Waals surface area contributed by atoms with E-state index in [4.69, 9.17) is 0 Å². The minimum atomic E-state index is 0.227. The van der Waals surface area contributed by atoms with Crippen LogP contribution in [0.4, 0.5) is 5.69 Å². The van der Waals surface area contributed by atoms with Crippen LogP contribution < -0.4 is 4.90 Å². The van der Waals surface area contributed by atoms with E-state index < -0.39 is 0 Å². The highest BCUT2D eigenvalue weighted by molar-refractivity contribution is 14.1. The molecule has 3 heteroatoms. The average Bonchev–Trinajstić information content (AvgIpc) is 2.50. The lowest BCUT2D eigenvalue weighted by Crippen LogP contribution is -2.32. The van der Waals surface area contributed by atoms with Crippen LogP contribution in [0, 0.1) is 0 Å². The molecule has 0 bridgehead atoms. The Morgan fingerprint density at radius 2 is 2.13 bits per heavy atom. The number of carbonyl (C=O) groups excluding carboxylic acids is 1. The first-order valence-corrected chi connectivity index (χ1v) is 6.79. The van der Waals surface area contributed by atoms with Crippen LogP contribution in [0.3, 0.4) is 0 Å². The fourth-order valence-electron chi connectivity index (χ4n) is 2.02. The third-order valence-electron chi connectivity index (χ3n) is 2.78. The van der Waals surface area contributed by atoms with Crippen molar-refractivity contribution in [3.05, 3.63) is 29.8 Å². The summed E-state index contributed by atoms with van der Waals surface area (Å²) >= 11 is 2.14. The van der Waals surface area contributed by atoms with Gasteiger partial charge in [0, 0.05) is 12.2 Å². The first-order valence-electron chi connectivity index (χ1n) is 5.27. The van der Waals surface area contributed by atoms with Gasteiger partial charge < -0.3 is 4.90 Å². The molecule has 1 amide bonds. The molecule has 1 aromatic carbocycles. The standard InChI is InChI=1S/C12H14INO/c13-9-12(15)14-8-4-3-6-10-5-1-2-7-11(10)14/h1-2,5,7H,3-4,6,8-9H2. The molecule has 1 aromatic rings. The Morgan fingerprint density at radius 3 is 2.93 bits per heavy atom. The molecule has 0 aromatic heterocycles. The molecular weight excluding hydrogens is 301 g/mol. The molecule has 0 atom stereocenters. The van der Waals surface area contributed by atoms with Gasteiger partial charge in [-0.1, -0.05) is 40.8 Å². The summed E-state index contributed by atoms with van der Waals surface area (Å²) in [6.45, 7) is 0.874. The molecule has 1 heterocycles. The third-order valence-corrected chi connectivity index (χ3v) is 3.43. The quantitative estimate of drug-likeness (QED) is 0.576. The molecule has 0 radical (unpaired) electrons. The lowest BCUT2D eigenvalue weighted by Gasteiger charge is -2.21. The summed E-state index contributed by atoms with van der Waals surface area (Å²) in [5.74, 6) is 0.227. The predicted octanol–water partition coefficient (Wildman–Crippen LogP) is 2.79. The average molecular weight is 315 g/mol. The summed E-state index contributed by atoms with van der Waals surface area (Å²) < 4.78 is 0.562. The molecule has 0 spiro atoms. The van der Waals surface area contributed by atoms with E-state index in [1.54, 1.807) is 0 Å². The summed E-state index contributed by atoms with van der Waals surface area (Å²) in [4.78, 5) is 13.7. The predicted molar refractivity (Wildman–Crippen MR) is 70.6 cm³/mol. The van der Waals surface area contributed by atoms with Gasteiger partial charge in [-0.3, -0.25) is 4.79 Å². The Bertz CT molecular complexity index is 364. The maximum Gasteiger partial charge on any atom is 0.236 e. The van der Waals surface area contributed by atoms with Crippen molar-refractivity contribution in [2.75, 3.05) is 15.9 Å². The lowest BCUT2D eigenvalue weighted by molar-refractivity contribution is -0.115. The largest absolute Gasteiger partial charge is 0.311 e. The van der Waals surface area contributed by atoms with Crippen molar-refractivity contribution in [1.29, 1.82) is 0 Å². The number of fused-ring (bicyclic) bond motifs is 1. The van der Waals surface area contributed by atoms with Crippen LogP contribution in [0.25, 0.3) is 0 Å².